The van der Waals surface area contributed by atoms with Crippen LogP contribution in [0.25, 0.3) is 0 Å². The third-order valence-corrected chi connectivity index (χ3v) is 7.20. The second kappa shape index (κ2) is 6.98. The Morgan fingerprint density at radius 3 is 2.54 bits per heavy atom. The number of aromatic nitrogens is 1. The molecule has 7 nitrogen and oxygen atoms in total. The summed E-state index contributed by atoms with van der Waals surface area (Å²) in [6, 6.07) is 8.99. The van der Waals surface area contributed by atoms with Gasteiger partial charge in [-0.1, -0.05) is 6.07 Å². The lowest BCUT2D eigenvalue weighted by Gasteiger charge is -2.18. The van der Waals surface area contributed by atoms with E-state index < -0.39 is 19.9 Å². The average molecular weight is 396 g/mol. The number of sulfone groups is 1. The van der Waals surface area contributed by atoms with Crippen molar-refractivity contribution in [3.63, 3.8) is 0 Å². The summed E-state index contributed by atoms with van der Waals surface area (Å²) in [6.45, 7) is 2.35. The molecule has 1 unspecified atom stereocenters. The van der Waals surface area contributed by atoms with Crippen LogP contribution in [0.2, 0.25) is 0 Å². The molecular formula is C17H20N2O5S2. The van der Waals surface area contributed by atoms with Crippen LogP contribution in [0.15, 0.2) is 52.4 Å². The molecule has 140 valence electrons. The number of aryl methyl sites for hydroxylation is 1. The van der Waals surface area contributed by atoms with Gasteiger partial charge in [0.05, 0.1) is 22.0 Å². The van der Waals surface area contributed by atoms with Crippen LogP contribution >= 0.6 is 0 Å². The molecule has 0 N–H and O–H groups in total. The lowest BCUT2D eigenvalue weighted by Crippen LogP contribution is -2.31. The van der Waals surface area contributed by atoms with Gasteiger partial charge in [-0.15, -0.1) is 0 Å². The first-order chi connectivity index (χ1) is 12.2. The van der Waals surface area contributed by atoms with E-state index in [0.717, 1.165) is 11.9 Å². The van der Waals surface area contributed by atoms with Crippen molar-refractivity contribution >= 4 is 19.9 Å². The van der Waals surface area contributed by atoms with Crippen molar-refractivity contribution in [3.8, 4) is 5.75 Å². The molecule has 0 saturated carbocycles. The maximum atomic E-state index is 12.8. The summed E-state index contributed by atoms with van der Waals surface area (Å²) < 4.78 is 56.3. The lowest BCUT2D eigenvalue weighted by atomic mass is 10.3. The van der Waals surface area contributed by atoms with Crippen molar-refractivity contribution in [1.29, 1.82) is 0 Å². The van der Waals surface area contributed by atoms with E-state index >= 15 is 0 Å². The number of rotatable bonds is 5. The first kappa shape index (κ1) is 18.8. The Balaban J connectivity index is 1.78. The predicted octanol–water partition coefficient (Wildman–Crippen LogP) is 1.64. The number of ether oxygens (including phenoxy) is 1. The third kappa shape index (κ3) is 3.89. The summed E-state index contributed by atoms with van der Waals surface area (Å²) in [4.78, 5) is 4.11. The molecule has 1 aliphatic heterocycles. The van der Waals surface area contributed by atoms with E-state index in [2.05, 4.69) is 4.98 Å². The first-order valence-electron chi connectivity index (χ1n) is 8.06. The van der Waals surface area contributed by atoms with Gasteiger partial charge in [0.2, 0.25) is 10.0 Å². The number of pyridine rings is 1. The highest BCUT2D eigenvalue weighted by Gasteiger charge is 2.34. The highest BCUT2D eigenvalue weighted by Crippen LogP contribution is 2.26. The van der Waals surface area contributed by atoms with E-state index in [-0.39, 0.29) is 22.4 Å². The van der Waals surface area contributed by atoms with Crippen LogP contribution < -0.4 is 4.74 Å². The number of benzene rings is 1. The summed E-state index contributed by atoms with van der Waals surface area (Å²) in [6.07, 6.45) is 3.00. The number of sulfonamides is 1. The second-order valence-corrected chi connectivity index (χ2v) is 10.2. The minimum Gasteiger partial charge on any atom is -0.487 e. The fraction of sp³-hybridized carbons (Fsp3) is 0.353. The molecule has 0 amide bonds. The minimum atomic E-state index is -3.78. The molecule has 9 heteroatoms. The molecule has 1 aliphatic rings. The second-order valence-electron chi connectivity index (χ2n) is 6.23. The molecule has 0 radical (unpaired) electrons. The summed E-state index contributed by atoms with van der Waals surface area (Å²) in [7, 11) is -7.26. The number of hydrogen-bond donors (Lipinski definition) is 0. The van der Waals surface area contributed by atoms with E-state index in [0.29, 0.717) is 18.7 Å². The predicted molar refractivity (Wildman–Crippen MR) is 96.3 cm³/mol. The van der Waals surface area contributed by atoms with E-state index in [9.17, 15) is 16.8 Å². The number of nitrogens with zero attached hydrogens (tertiary/aromatic N) is 2. The summed E-state index contributed by atoms with van der Waals surface area (Å²) in [5, 5.41) is 0. The summed E-state index contributed by atoms with van der Waals surface area (Å²) >= 11 is 0. The van der Waals surface area contributed by atoms with E-state index in [1.807, 2.05) is 6.92 Å². The molecule has 1 saturated heterocycles. The lowest BCUT2D eigenvalue weighted by molar-refractivity contribution is 0.213. The highest BCUT2D eigenvalue weighted by molar-refractivity contribution is 7.91. The fourth-order valence-electron chi connectivity index (χ4n) is 2.80. The zero-order valence-electron chi connectivity index (χ0n) is 14.5. The van der Waals surface area contributed by atoms with Crippen molar-refractivity contribution in [2.24, 2.45) is 0 Å². The molecule has 1 aromatic carbocycles. The van der Waals surface area contributed by atoms with Crippen LogP contribution in [-0.4, -0.2) is 51.6 Å². The number of hydrogen-bond acceptors (Lipinski definition) is 6. The Morgan fingerprint density at radius 1 is 1.12 bits per heavy atom. The van der Waals surface area contributed by atoms with Gasteiger partial charge >= 0.3 is 0 Å². The minimum absolute atomic E-state index is 0.0171. The van der Waals surface area contributed by atoms with Gasteiger partial charge in [-0.05, 0) is 43.7 Å². The third-order valence-electron chi connectivity index (χ3n) is 4.23. The van der Waals surface area contributed by atoms with Gasteiger partial charge in [0.15, 0.2) is 9.84 Å². The van der Waals surface area contributed by atoms with Crippen molar-refractivity contribution in [3.05, 3.63) is 48.3 Å². The van der Waals surface area contributed by atoms with Crippen LogP contribution in [0.1, 0.15) is 12.1 Å². The van der Waals surface area contributed by atoms with Crippen molar-refractivity contribution in [2.75, 3.05) is 19.3 Å². The zero-order chi connectivity index (χ0) is 18.9. The standard InChI is InChI=1S/C17H20N2O5S2/c1-13-17(7-4-9-18-13)24-14-8-10-19(12-14)26(22,23)16-6-3-5-15(11-16)25(2,20)21/h3-7,9,11,14H,8,10,12H2,1-2H3. The smallest absolute Gasteiger partial charge is 0.243 e. The molecule has 0 bridgehead atoms. The Hall–Kier alpha value is -1.97. The van der Waals surface area contributed by atoms with E-state index in [1.54, 1.807) is 18.3 Å². The first-order valence-corrected chi connectivity index (χ1v) is 11.4. The fourth-order valence-corrected chi connectivity index (χ4v) is 5.07. The molecule has 1 atom stereocenters. The van der Waals surface area contributed by atoms with E-state index in [4.69, 9.17) is 4.74 Å². The largest absolute Gasteiger partial charge is 0.487 e. The topological polar surface area (TPSA) is 93.6 Å². The van der Waals surface area contributed by atoms with Gasteiger partial charge in [-0.3, -0.25) is 4.98 Å². The Labute approximate surface area is 153 Å². The van der Waals surface area contributed by atoms with Gasteiger partial charge in [0, 0.05) is 19.0 Å². The molecule has 3 rings (SSSR count). The highest BCUT2D eigenvalue weighted by atomic mass is 32.2. The SMILES string of the molecule is Cc1ncccc1OC1CCN(S(=O)(=O)c2cccc(S(C)(=O)=O)c2)C1. The Kier molecular flexibility index (Phi) is 5.05. The molecule has 26 heavy (non-hydrogen) atoms. The molecule has 0 aliphatic carbocycles. The maximum Gasteiger partial charge on any atom is 0.243 e. The Morgan fingerprint density at radius 2 is 1.85 bits per heavy atom. The molecule has 0 spiro atoms. The quantitative estimate of drug-likeness (QED) is 0.763. The van der Waals surface area contributed by atoms with Gasteiger partial charge in [-0.25, -0.2) is 16.8 Å². The average Bonchev–Trinajstić information content (AvgIpc) is 3.06. The molecular weight excluding hydrogens is 376 g/mol. The van der Waals surface area contributed by atoms with Gasteiger partial charge in [0.25, 0.3) is 0 Å². The normalized spacial score (nSPS) is 18.8. The van der Waals surface area contributed by atoms with Crippen LogP contribution in [-0.2, 0) is 19.9 Å². The summed E-state index contributed by atoms with van der Waals surface area (Å²) in [5.41, 5.74) is 0.745. The van der Waals surface area contributed by atoms with Crippen LogP contribution in [0.5, 0.6) is 5.75 Å². The summed E-state index contributed by atoms with van der Waals surface area (Å²) in [5.74, 6) is 0.635. The van der Waals surface area contributed by atoms with Gasteiger partial charge in [0.1, 0.15) is 11.9 Å². The van der Waals surface area contributed by atoms with Crippen molar-refractivity contribution in [2.45, 2.75) is 29.2 Å². The molecule has 1 aromatic heterocycles. The van der Waals surface area contributed by atoms with Crippen LogP contribution in [0.4, 0.5) is 0 Å². The van der Waals surface area contributed by atoms with Gasteiger partial charge in [-0.2, -0.15) is 4.31 Å². The monoisotopic (exact) mass is 396 g/mol. The van der Waals surface area contributed by atoms with Gasteiger partial charge < -0.3 is 4.74 Å². The molecule has 2 heterocycles. The maximum absolute atomic E-state index is 12.8. The van der Waals surface area contributed by atoms with Crippen LogP contribution in [0, 0.1) is 6.92 Å². The van der Waals surface area contributed by atoms with E-state index in [1.165, 1.54) is 28.6 Å². The molecule has 1 fully saturated rings. The van der Waals surface area contributed by atoms with Crippen molar-refractivity contribution in [1.82, 2.24) is 9.29 Å². The van der Waals surface area contributed by atoms with Crippen LogP contribution in [0.3, 0.4) is 0 Å². The van der Waals surface area contributed by atoms with Crippen molar-refractivity contribution < 1.29 is 21.6 Å². The molecule has 2 aromatic rings. The zero-order valence-corrected chi connectivity index (χ0v) is 16.1. The Bertz CT molecular complexity index is 1020.